The van der Waals surface area contributed by atoms with E-state index in [0.717, 1.165) is 29.9 Å². The molecule has 0 aromatic carbocycles. The highest BCUT2D eigenvalue weighted by Crippen LogP contribution is 2.25. The van der Waals surface area contributed by atoms with Gasteiger partial charge in [0.15, 0.2) is 0 Å². The molecular weight excluding hydrogens is 250 g/mol. The van der Waals surface area contributed by atoms with Crippen LogP contribution in [0.4, 0.5) is 0 Å². The molecule has 0 aromatic rings. The molecule has 2 heterocycles. The Kier molecular flexibility index (Phi) is 4.76. The highest BCUT2D eigenvalue weighted by molar-refractivity contribution is 5.90. The van der Waals surface area contributed by atoms with Crippen LogP contribution in [0, 0.1) is 0 Å². The fourth-order valence-electron chi connectivity index (χ4n) is 2.42. The standard InChI is InChI=1S/C15H21N5/c1-12-13(14(17)5-7-16)11-19-18-8-6-15(12)20-9-3-2-4-10-20/h5-8,11H,1-4,9-10,16-17H2/b7-5?,14-13?,15-6?,18-8-,19-11?. The lowest BCUT2D eigenvalue weighted by Gasteiger charge is -2.32. The summed E-state index contributed by atoms with van der Waals surface area (Å²) in [5, 5.41) is 7.91. The molecule has 0 amide bonds. The molecule has 2 aliphatic rings. The number of piperidine rings is 1. The van der Waals surface area contributed by atoms with E-state index in [-0.39, 0.29) is 0 Å². The van der Waals surface area contributed by atoms with E-state index in [2.05, 4.69) is 21.7 Å². The summed E-state index contributed by atoms with van der Waals surface area (Å²) in [6, 6.07) is 0. The van der Waals surface area contributed by atoms with E-state index < -0.39 is 0 Å². The number of hydrogen-bond donors (Lipinski definition) is 2. The lowest BCUT2D eigenvalue weighted by molar-refractivity contribution is 0.291. The van der Waals surface area contributed by atoms with Crippen LogP contribution >= 0.6 is 0 Å². The van der Waals surface area contributed by atoms with Gasteiger partial charge in [-0.3, -0.25) is 0 Å². The summed E-state index contributed by atoms with van der Waals surface area (Å²) in [7, 11) is 0. The van der Waals surface area contributed by atoms with Gasteiger partial charge in [0, 0.05) is 35.6 Å². The number of allylic oxidation sites excluding steroid dienone is 3. The van der Waals surface area contributed by atoms with Gasteiger partial charge in [-0.25, -0.2) is 0 Å². The molecular formula is C15H21N5. The zero-order chi connectivity index (χ0) is 14.4. The van der Waals surface area contributed by atoms with Gasteiger partial charge in [-0.15, -0.1) is 0 Å². The van der Waals surface area contributed by atoms with Crippen LogP contribution < -0.4 is 11.5 Å². The van der Waals surface area contributed by atoms with E-state index in [9.17, 15) is 0 Å². The summed E-state index contributed by atoms with van der Waals surface area (Å²) < 4.78 is 0. The van der Waals surface area contributed by atoms with Crippen molar-refractivity contribution in [2.75, 3.05) is 13.1 Å². The fraction of sp³-hybridized carbons (Fsp3) is 0.333. The van der Waals surface area contributed by atoms with Gasteiger partial charge < -0.3 is 16.4 Å². The van der Waals surface area contributed by atoms with Crippen molar-refractivity contribution < 1.29 is 0 Å². The third kappa shape index (κ3) is 3.17. The van der Waals surface area contributed by atoms with Crippen LogP contribution in [0.2, 0.25) is 0 Å². The van der Waals surface area contributed by atoms with Crippen LogP contribution in [0.3, 0.4) is 0 Å². The van der Waals surface area contributed by atoms with Crippen molar-refractivity contribution in [1.82, 2.24) is 4.90 Å². The summed E-state index contributed by atoms with van der Waals surface area (Å²) >= 11 is 0. The first-order chi connectivity index (χ1) is 9.74. The molecule has 5 nitrogen and oxygen atoms in total. The van der Waals surface area contributed by atoms with Crippen LogP contribution in [0.15, 0.2) is 57.7 Å². The third-order valence-electron chi connectivity index (χ3n) is 3.47. The van der Waals surface area contributed by atoms with Crippen molar-refractivity contribution in [3.8, 4) is 0 Å². The van der Waals surface area contributed by atoms with E-state index in [1.807, 2.05) is 6.08 Å². The van der Waals surface area contributed by atoms with Crippen molar-refractivity contribution in [3.05, 3.63) is 47.5 Å². The molecule has 0 spiro atoms. The minimum atomic E-state index is 0.543. The molecule has 1 fully saturated rings. The number of rotatable bonds is 2. The highest BCUT2D eigenvalue weighted by Gasteiger charge is 2.18. The maximum Gasteiger partial charge on any atom is 0.0595 e. The maximum atomic E-state index is 6.02. The van der Waals surface area contributed by atoms with E-state index in [1.165, 1.54) is 25.5 Å². The van der Waals surface area contributed by atoms with Crippen molar-refractivity contribution in [3.63, 3.8) is 0 Å². The lowest BCUT2D eigenvalue weighted by Crippen LogP contribution is -2.30. The Morgan fingerprint density at radius 3 is 2.70 bits per heavy atom. The molecule has 0 radical (unpaired) electrons. The first-order valence-electron chi connectivity index (χ1n) is 6.83. The summed E-state index contributed by atoms with van der Waals surface area (Å²) in [5.41, 5.74) is 14.7. The van der Waals surface area contributed by atoms with Gasteiger partial charge >= 0.3 is 0 Å². The first-order valence-corrected chi connectivity index (χ1v) is 6.83. The minimum Gasteiger partial charge on any atom is -0.405 e. The first kappa shape index (κ1) is 14.1. The zero-order valence-electron chi connectivity index (χ0n) is 11.6. The van der Waals surface area contributed by atoms with Crippen LogP contribution in [-0.2, 0) is 0 Å². The normalized spacial score (nSPS) is 24.3. The molecule has 2 aliphatic heterocycles. The van der Waals surface area contributed by atoms with Gasteiger partial charge in [0.1, 0.15) is 0 Å². The Hall–Kier alpha value is -2.30. The molecule has 106 valence electrons. The second kappa shape index (κ2) is 6.75. The average Bonchev–Trinajstić information content (AvgIpc) is 2.45. The van der Waals surface area contributed by atoms with Crippen molar-refractivity contribution >= 4 is 12.4 Å². The Morgan fingerprint density at radius 1 is 1.25 bits per heavy atom. The van der Waals surface area contributed by atoms with E-state index in [0.29, 0.717) is 5.70 Å². The van der Waals surface area contributed by atoms with Crippen LogP contribution in [0.5, 0.6) is 0 Å². The highest BCUT2D eigenvalue weighted by atomic mass is 15.2. The smallest absolute Gasteiger partial charge is 0.0595 e. The predicted octanol–water partition coefficient (Wildman–Crippen LogP) is 1.67. The largest absolute Gasteiger partial charge is 0.405 e. The van der Waals surface area contributed by atoms with Crippen molar-refractivity contribution in [1.29, 1.82) is 0 Å². The second-order valence-electron chi connectivity index (χ2n) is 4.82. The van der Waals surface area contributed by atoms with Gasteiger partial charge in [-0.1, -0.05) is 6.58 Å². The Balaban J connectivity index is 2.36. The fourth-order valence-corrected chi connectivity index (χ4v) is 2.42. The SMILES string of the molecule is C=C1C(N2CCCCC2)=C/C=N\N=CC1=C(N)C=CN. The molecule has 2 rings (SSSR count). The van der Waals surface area contributed by atoms with Gasteiger partial charge in [0.25, 0.3) is 0 Å². The van der Waals surface area contributed by atoms with Gasteiger partial charge in [-0.05, 0) is 37.6 Å². The third-order valence-corrected chi connectivity index (χ3v) is 3.47. The maximum absolute atomic E-state index is 6.02. The molecule has 0 atom stereocenters. The van der Waals surface area contributed by atoms with Gasteiger partial charge in [0.05, 0.1) is 12.4 Å². The summed E-state index contributed by atoms with van der Waals surface area (Å²) in [4.78, 5) is 2.33. The van der Waals surface area contributed by atoms with E-state index in [4.69, 9.17) is 11.5 Å². The molecule has 0 saturated carbocycles. The average molecular weight is 271 g/mol. The van der Waals surface area contributed by atoms with Crippen LogP contribution in [0.1, 0.15) is 19.3 Å². The van der Waals surface area contributed by atoms with Crippen LogP contribution in [0.25, 0.3) is 0 Å². The molecule has 5 heteroatoms. The van der Waals surface area contributed by atoms with Gasteiger partial charge in [0.2, 0.25) is 0 Å². The Labute approximate surface area is 119 Å². The lowest BCUT2D eigenvalue weighted by atomic mass is 9.99. The second-order valence-corrected chi connectivity index (χ2v) is 4.82. The molecule has 0 aromatic heterocycles. The quantitative estimate of drug-likeness (QED) is 0.801. The predicted molar refractivity (Wildman–Crippen MR) is 84.2 cm³/mol. The Bertz CT molecular complexity index is 516. The van der Waals surface area contributed by atoms with E-state index >= 15 is 0 Å². The van der Waals surface area contributed by atoms with Crippen molar-refractivity contribution in [2.24, 2.45) is 21.7 Å². The number of hydrogen-bond acceptors (Lipinski definition) is 5. The number of likely N-dealkylation sites (tertiary alicyclic amines) is 1. The summed E-state index contributed by atoms with van der Waals surface area (Å²) in [6.07, 6.45) is 12.0. The molecule has 0 aliphatic carbocycles. The van der Waals surface area contributed by atoms with Crippen molar-refractivity contribution in [2.45, 2.75) is 19.3 Å². The molecule has 1 saturated heterocycles. The molecule has 20 heavy (non-hydrogen) atoms. The van der Waals surface area contributed by atoms with E-state index in [1.54, 1.807) is 18.5 Å². The topological polar surface area (TPSA) is 80.0 Å². The summed E-state index contributed by atoms with van der Waals surface area (Å²) in [6.45, 7) is 6.26. The molecule has 4 N–H and O–H groups in total. The summed E-state index contributed by atoms with van der Waals surface area (Å²) in [5.74, 6) is 0. The zero-order valence-corrected chi connectivity index (χ0v) is 11.6. The molecule has 0 unspecified atom stereocenters. The number of nitrogens with zero attached hydrogens (tertiary/aromatic N) is 3. The van der Waals surface area contributed by atoms with Crippen LogP contribution in [-0.4, -0.2) is 30.4 Å². The van der Waals surface area contributed by atoms with Gasteiger partial charge in [-0.2, -0.15) is 10.2 Å². The monoisotopic (exact) mass is 271 g/mol. The molecule has 0 bridgehead atoms. The number of nitrogens with two attached hydrogens (primary N) is 2. The Morgan fingerprint density at radius 2 is 2.00 bits per heavy atom. The minimum absolute atomic E-state index is 0.543.